The number of benzene rings is 2. The molecule has 0 saturated heterocycles. The number of hydrogen-bond donors (Lipinski definition) is 1. The highest BCUT2D eigenvalue weighted by molar-refractivity contribution is 7.17. The average Bonchev–Trinajstić information content (AvgIpc) is 3.00. The standard InChI is InChI=1S/C17H11F3O3S/c18-17(19,20)12-4-1-10(2-5-12)9-23-14-13(16(21)22)6-3-11-7-8-24-15(11)14/h1-8H,9H2,(H,21,22). The van der Waals surface area contributed by atoms with E-state index in [1.807, 2.05) is 11.4 Å². The summed E-state index contributed by atoms with van der Waals surface area (Å²) < 4.78 is 44.0. The molecule has 0 aliphatic carbocycles. The monoisotopic (exact) mass is 352 g/mol. The van der Waals surface area contributed by atoms with Crippen molar-refractivity contribution in [2.24, 2.45) is 0 Å². The number of carboxylic acids is 1. The highest BCUT2D eigenvalue weighted by Crippen LogP contribution is 2.35. The third-order valence-corrected chi connectivity index (χ3v) is 4.40. The number of halogens is 3. The van der Waals surface area contributed by atoms with E-state index in [0.717, 1.165) is 17.5 Å². The van der Waals surface area contributed by atoms with Crippen LogP contribution in [-0.2, 0) is 12.8 Å². The SMILES string of the molecule is O=C(O)c1ccc2ccsc2c1OCc1ccc(C(F)(F)F)cc1. The first-order valence-electron chi connectivity index (χ1n) is 6.88. The molecule has 0 amide bonds. The molecule has 1 heterocycles. The zero-order chi connectivity index (χ0) is 17.3. The smallest absolute Gasteiger partial charge is 0.416 e. The lowest BCUT2D eigenvalue weighted by atomic mass is 10.1. The molecule has 7 heteroatoms. The number of ether oxygens (including phenoxy) is 1. The number of rotatable bonds is 4. The van der Waals surface area contributed by atoms with Gasteiger partial charge in [-0.05, 0) is 40.6 Å². The summed E-state index contributed by atoms with van der Waals surface area (Å²) in [6.07, 6.45) is -4.39. The summed E-state index contributed by atoms with van der Waals surface area (Å²) >= 11 is 1.35. The van der Waals surface area contributed by atoms with E-state index in [2.05, 4.69) is 0 Å². The molecular formula is C17H11F3O3S. The van der Waals surface area contributed by atoms with Crippen molar-refractivity contribution in [3.05, 3.63) is 64.5 Å². The van der Waals surface area contributed by atoms with Gasteiger partial charge in [0.2, 0.25) is 0 Å². The van der Waals surface area contributed by atoms with Gasteiger partial charge in [0.25, 0.3) is 0 Å². The molecule has 0 atom stereocenters. The maximum Gasteiger partial charge on any atom is 0.416 e. The van der Waals surface area contributed by atoms with Crippen molar-refractivity contribution >= 4 is 27.4 Å². The summed E-state index contributed by atoms with van der Waals surface area (Å²) in [5, 5.41) is 12.0. The molecule has 0 unspecified atom stereocenters. The molecule has 0 bridgehead atoms. The second-order valence-electron chi connectivity index (χ2n) is 5.07. The van der Waals surface area contributed by atoms with Gasteiger partial charge in [0.1, 0.15) is 12.2 Å². The average molecular weight is 352 g/mol. The Hall–Kier alpha value is -2.54. The number of carbonyl (C=O) groups is 1. The van der Waals surface area contributed by atoms with Gasteiger partial charge >= 0.3 is 12.1 Å². The van der Waals surface area contributed by atoms with Crippen LogP contribution in [0.1, 0.15) is 21.5 Å². The van der Waals surface area contributed by atoms with Gasteiger partial charge in [0.15, 0.2) is 5.75 Å². The highest BCUT2D eigenvalue weighted by atomic mass is 32.1. The molecule has 0 saturated carbocycles. The lowest BCUT2D eigenvalue weighted by Crippen LogP contribution is -2.06. The molecular weight excluding hydrogens is 341 g/mol. The van der Waals surface area contributed by atoms with E-state index in [-0.39, 0.29) is 17.9 Å². The zero-order valence-electron chi connectivity index (χ0n) is 12.1. The molecule has 0 aliphatic rings. The predicted molar refractivity (Wildman–Crippen MR) is 84.6 cm³/mol. The van der Waals surface area contributed by atoms with Crippen molar-refractivity contribution in [3.63, 3.8) is 0 Å². The molecule has 3 nitrogen and oxygen atoms in total. The molecule has 0 fully saturated rings. The van der Waals surface area contributed by atoms with Crippen LogP contribution >= 0.6 is 11.3 Å². The van der Waals surface area contributed by atoms with Crippen LogP contribution in [0.4, 0.5) is 13.2 Å². The van der Waals surface area contributed by atoms with Crippen molar-refractivity contribution in [1.82, 2.24) is 0 Å². The number of aromatic carboxylic acids is 1. The second-order valence-corrected chi connectivity index (χ2v) is 5.99. The Morgan fingerprint density at radius 1 is 1.08 bits per heavy atom. The number of alkyl halides is 3. The number of hydrogen-bond acceptors (Lipinski definition) is 3. The third-order valence-electron chi connectivity index (χ3n) is 3.47. The largest absolute Gasteiger partial charge is 0.486 e. The number of thiophene rings is 1. The Kier molecular flexibility index (Phi) is 4.19. The van der Waals surface area contributed by atoms with Gasteiger partial charge in [-0.25, -0.2) is 4.79 Å². The molecule has 1 N–H and O–H groups in total. The summed E-state index contributed by atoms with van der Waals surface area (Å²) in [6.45, 7) is -0.0184. The third kappa shape index (κ3) is 3.21. The lowest BCUT2D eigenvalue weighted by Gasteiger charge is -2.11. The quantitative estimate of drug-likeness (QED) is 0.702. The second kappa shape index (κ2) is 6.16. The van der Waals surface area contributed by atoms with Crippen molar-refractivity contribution in [1.29, 1.82) is 0 Å². The molecule has 1 aromatic heterocycles. The fourth-order valence-electron chi connectivity index (χ4n) is 2.26. The van der Waals surface area contributed by atoms with Crippen molar-refractivity contribution in [3.8, 4) is 5.75 Å². The fourth-order valence-corrected chi connectivity index (χ4v) is 3.16. The van der Waals surface area contributed by atoms with Crippen LogP contribution in [0, 0.1) is 0 Å². The normalized spacial score (nSPS) is 11.6. The Balaban J connectivity index is 1.86. The van der Waals surface area contributed by atoms with Gasteiger partial charge in [-0.3, -0.25) is 0 Å². The van der Waals surface area contributed by atoms with E-state index >= 15 is 0 Å². The number of carboxylic acid groups (broad SMARTS) is 1. The van der Waals surface area contributed by atoms with E-state index in [9.17, 15) is 23.1 Å². The Labute approximate surface area is 138 Å². The van der Waals surface area contributed by atoms with Gasteiger partial charge in [-0.2, -0.15) is 13.2 Å². The Morgan fingerprint density at radius 2 is 1.79 bits per heavy atom. The Bertz CT molecular complexity index is 882. The summed E-state index contributed by atoms with van der Waals surface area (Å²) in [7, 11) is 0. The van der Waals surface area contributed by atoms with E-state index in [1.54, 1.807) is 6.07 Å². The van der Waals surface area contributed by atoms with E-state index < -0.39 is 17.7 Å². The summed E-state index contributed by atoms with van der Waals surface area (Å²) in [4.78, 5) is 11.4. The lowest BCUT2D eigenvalue weighted by molar-refractivity contribution is -0.137. The highest BCUT2D eigenvalue weighted by Gasteiger charge is 2.29. The van der Waals surface area contributed by atoms with E-state index in [4.69, 9.17) is 4.74 Å². The first-order valence-corrected chi connectivity index (χ1v) is 7.76. The molecule has 24 heavy (non-hydrogen) atoms. The molecule has 3 aromatic rings. The van der Waals surface area contributed by atoms with Crippen molar-refractivity contribution in [2.75, 3.05) is 0 Å². The minimum Gasteiger partial charge on any atom is -0.486 e. The van der Waals surface area contributed by atoms with Crippen LogP contribution in [-0.4, -0.2) is 11.1 Å². The van der Waals surface area contributed by atoms with Gasteiger partial charge in [-0.15, -0.1) is 11.3 Å². The van der Waals surface area contributed by atoms with Crippen LogP contribution in [0.15, 0.2) is 47.8 Å². The fraction of sp³-hybridized carbons (Fsp3) is 0.118. The predicted octanol–water partition coefficient (Wildman–Crippen LogP) is 5.20. The minimum absolute atomic E-state index is 0.0184. The summed E-state index contributed by atoms with van der Waals surface area (Å²) in [6, 6.07) is 9.58. The maximum atomic E-state index is 12.6. The van der Waals surface area contributed by atoms with Gasteiger partial charge in [0, 0.05) is 0 Å². The van der Waals surface area contributed by atoms with Crippen LogP contribution in [0.3, 0.4) is 0 Å². The topological polar surface area (TPSA) is 46.5 Å². The minimum atomic E-state index is -4.39. The van der Waals surface area contributed by atoms with Gasteiger partial charge in [-0.1, -0.05) is 18.2 Å². The van der Waals surface area contributed by atoms with Crippen LogP contribution < -0.4 is 4.74 Å². The summed E-state index contributed by atoms with van der Waals surface area (Å²) in [5.41, 5.74) is -0.192. The first kappa shape index (κ1) is 16.3. The first-order chi connectivity index (χ1) is 11.4. The van der Waals surface area contributed by atoms with Crippen LogP contribution in [0.25, 0.3) is 10.1 Å². The Morgan fingerprint density at radius 3 is 2.42 bits per heavy atom. The molecule has 0 radical (unpaired) electrons. The van der Waals surface area contributed by atoms with Gasteiger partial charge < -0.3 is 9.84 Å². The molecule has 0 aliphatic heterocycles. The number of fused-ring (bicyclic) bond motifs is 1. The molecule has 2 aromatic carbocycles. The molecule has 124 valence electrons. The van der Waals surface area contributed by atoms with Crippen molar-refractivity contribution in [2.45, 2.75) is 12.8 Å². The summed E-state index contributed by atoms with van der Waals surface area (Å²) in [5.74, 6) is -0.886. The van der Waals surface area contributed by atoms with Crippen molar-refractivity contribution < 1.29 is 27.8 Å². The van der Waals surface area contributed by atoms with E-state index in [0.29, 0.717) is 10.3 Å². The van der Waals surface area contributed by atoms with Gasteiger partial charge in [0.05, 0.1) is 10.3 Å². The van der Waals surface area contributed by atoms with Crippen LogP contribution in [0.5, 0.6) is 5.75 Å². The van der Waals surface area contributed by atoms with Crippen LogP contribution in [0.2, 0.25) is 0 Å². The molecule has 0 spiro atoms. The zero-order valence-corrected chi connectivity index (χ0v) is 12.9. The molecule has 3 rings (SSSR count). The van der Waals surface area contributed by atoms with E-state index in [1.165, 1.54) is 29.5 Å². The maximum absolute atomic E-state index is 12.6.